The van der Waals surface area contributed by atoms with Gasteiger partial charge in [0.05, 0.1) is 0 Å². The van der Waals surface area contributed by atoms with Gasteiger partial charge in [0.15, 0.2) is 0 Å². The molecule has 1 rings (SSSR count). The first-order valence-corrected chi connectivity index (χ1v) is 5.42. The van der Waals surface area contributed by atoms with E-state index in [-0.39, 0.29) is 4.90 Å². The Morgan fingerprint density at radius 2 is 1.80 bits per heavy atom. The summed E-state index contributed by atoms with van der Waals surface area (Å²) >= 11 is 0. The Kier molecular flexibility index (Phi) is 5.15. The summed E-state index contributed by atoms with van der Waals surface area (Å²) in [4.78, 5) is 22.1. The largest absolute Gasteiger partial charge is 0.480 e. The van der Waals surface area contributed by atoms with E-state index in [4.69, 9.17) is 5.11 Å². The number of carbonyl (C=O) groups excluding carboxylic acids is 1. The van der Waals surface area contributed by atoms with Gasteiger partial charge in [0.2, 0.25) is 0 Å². The van der Waals surface area contributed by atoms with E-state index >= 15 is 0 Å². The van der Waals surface area contributed by atoms with Crippen LogP contribution >= 0.6 is 0 Å². The fourth-order valence-corrected chi connectivity index (χ4v) is 1.31. The van der Waals surface area contributed by atoms with E-state index in [1.807, 2.05) is 5.92 Å². The lowest BCUT2D eigenvalue weighted by atomic mass is 10.2. The Labute approximate surface area is 112 Å². The molecule has 7 heteroatoms. The van der Waals surface area contributed by atoms with E-state index in [2.05, 4.69) is 5.92 Å². The SMILES string of the molecule is O=C(O)CN(CC(F)(F)F)C(=O)C#Cc1ccccc1. The van der Waals surface area contributed by atoms with Crippen LogP contribution in [0.4, 0.5) is 13.2 Å². The van der Waals surface area contributed by atoms with Gasteiger partial charge >= 0.3 is 12.1 Å². The van der Waals surface area contributed by atoms with Gasteiger partial charge in [-0.05, 0) is 12.1 Å². The second-order valence-corrected chi connectivity index (χ2v) is 3.79. The Balaban J connectivity index is 2.83. The molecule has 0 aromatic heterocycles. The van der Waals surface area contributed by atoms with Crippen LogP contribution in [0.5, 0.6) is 0 Å². The van der Waals surface area contributed by atoms with Crippen LogP contribution < -0.4 is 0 Å². The summed E-state index contributed by atoms with van der Waals surface area (Å²) in [6.45, 7) is -2.70. The van der Waals surface area contributed by atoms with Crippen LogP contribution in [0.3, 0.4) is 0 Å². The van der Waals surface area contributed by atoms with Crippen LogP contribution in [0.25, 0.3) is 0 Å². The standard InChI is InChI=1S/C13H10F3NO3/c14-13(15,16)9-17(8-12(19)20)11(18)7-6-10-4-2-1-3-5-10/h1-5H,8-9H2,(H,19,20). The predicted octanol–water partition coefficient (Wildman–Crippen LogP) is 1.51. The Bertz CT molecular complexity index is 543. The van der Waals surface area contributed by atoms with Gasteiger partial charge in [0.1, 0.15) is 13.1 Å². The molecule has 0 bridgehead atoms. The van der Waals surface area contributed by atoms with Crippen molar-refractivity contribution in [2.24, 2.45) is 0 Å². The van der Waals surface area contributed by atoms with Crippen molar-refractivity contribution in [1.29, 1.82) is 0 Å². The van der Waals surface area contributed by atoms with Crippen molar-refractivity contribution in [2.45, 2.75) is 6.18 Å². The molecule has 0 atom stereocenters. The van der Waals surface area contributed by atoms with E-state index in [9.17, 15) is 22.8 Å². The molecule has 0 aliphatic carbocycles. The van der Waals surface area contributed by atoms with Crippen molar-refractivity contribution in [3.63, 3.8) is 0 Å². The van der Waals surface area contributed by atoms with E-state index < -0.39 is 31.1 Å². The fourth-order valence-electron chi connectivity index (χ4n) is 1.31. The number of hydrogen-bond acceptors (Lipinski definition) is 2. The molecule has 4 nitrogen and oxygen atoms in total. The maximum absolute atomic E-state index is 12.2. The molecule has 0 saturated heterocycles. The molecule has 1 amide bonds. The van der Waals surface area contributed by atoms with Crippen molar-refractivity contribution >= 4 is 11.9 Å². The fraction of sp³-hybridized carbons (Fsp3) is 0.231. The predicted molar refractivity (Wildman–Crippen MR) is 63.6 cm³/mol. The molecule has 1 aromatic rings. The first-order valence-electron chi connectivity index (χ1n) is 5.42. The molecule has 0 fully saturated rings. The molecule has 0 saturated carbocycles. The molecular weight excluding hydrogens is 275 g/mol. The minimum atomic E-state index is -4.68. The third-order valence-electron chi connectivity index (χ3n) is 2.07. The number of amides is 1. The lowest BCUT2D eigenvalue weighted by Crippen LogP contribution is -2.41. The van der Waals surface area contributed by atoms with Crippen molar-refractivity contribution in [3.8, 4) is 11.8 Å². The summed E-state index contributed by atoms with van der Waals surface area (Å²) < 4.78 is 36.7. The topological polar surface area (TPSA) is 57.6 Å². The van der Waals surface area contributed by atoms with Gasteiger partial charge in [-0.3, -0.25) is 9.59 Å². The third kappa shape index (κ3) is 5.91. The van der Waals surface area contributed by atoms with Crippen molar-refractivity contribution < 1.29 is 27.9 Å². The number of benzene rings is 1. The summed E-state index contributed by atoms with van der Waals surface area (Å²) in [6.07, 6.45) is -4.68. The maximum Gasteiger partial charge on any atom is 0.406 e. The number of carbonyl (C=O) groups is 2. The van der Waals surface area contributed by atoms with Crippen LogP contribution in [-0.2, 0) is 9.59 Å². The molecular formula is C13H10F3NO3. The molecule has 0 aliphatic rings. The lowest BCUT2D eigenvalue weighted by molar-refractivity contribution is -0.162. The Morgan fingerprint density at radius 1 is 1.20 bits per heavy atom. The van der Waals surface area contributed by atoms with Crippen molar-refractivity contribution in [2.75, 3.05) is 13.1 Å². The second kappa shape index (κ2) is 6.61. The number of carboxylic acid groups (broad SMARTS) is 1. The summed E-state index contributed by atoms with van der Waals surface area (Å²) in [6, 6.07) is 8.17. The van der Waals surface area contributed by atoms with Crippen LogP contribution in [0.1, 0.15) is 5.56 Å². The van der Waals surface area contributed by atoms with E-state index in [0.29, 0.717) is 5.56 Å². The van der Waals surface area contributed by atoms with Crippen molar-refractivity contribution in [1.82, 2.24) is 4.90 Å². The van der Waals surface area contributed by atoms with E-state index in [1.54, 1.807) is 30.3 Å². The summed E-state index contributed by atoms with van der Waals surface area (Å²) in [5, 5.41) is 8.51. The van der Waals surface area contributed by atoms with Gasteiger partial charge in [-0.25, -0.2) is 0 Å². The number of carboxylic acids is 1. The monoisotopic (exact) mass is 285 g/mol. The molecule has 0 unspecified atom stereocenters. The lowest BCUT2D eigenvalue weighted by Gasteiger charge is -2.19. The Hall–Kier alpha value is -2.49. The van der Waals surface area contributed by atoms with Crippen LogP contribution in [0.15, 0.2) is 30.3 Å². The minimum absolute atomic E-state index is 0.137. The molecule has 0 heterocycles. The average Bonchev–Trinajstić information content (AvgIpc) is 2.34. The maximum atomic E-state index is 12.2. The Morgan fingerprint density at radius 3 is 2.30 bits per heavy atom. The summed E-state index contributed by atoms with van der Waals surface area (Å²) in [5.41, 5.74) is 0.447. The molecule has 0 spiro atoms. The van der Waals surface area contributed by atoms with Crippen LogP contribution in [0, 0.1) is 11.8 Å². The zero-order valence-electron chi connectivity index (χ0n) is 10.1. The number of aliphatic carboxylic acids is 1. The third-order valence-corrected chi connectivity index (χ3v) is 2.07. The van der Waals surface area contributed by atoms with E-state index in [1.165, 1.54) is 0 Å². The number of alkyl halides is 3. The highest BCUT2D eigenvalue weighted by Gasteiger charge is 2.33. The highest BCUT2D eigenvalue weighted by Crippen LogP contribution is 2.16. The van der Waals surface area contributed by atoms with Gasteiger partial charge < -0.3 is 10.0 Å². The molecule has 1 N–H and O–H groups in total. The van der Waals surface area contributed by atoms with Gasteiger partial charge in [-0.1, -0.05) is 24.1 Å². The zero-order chi connectivity index (χ0) is 15.2. The summed E-state index contributed by atoms with van der Waals surface area (Å²) in [5.74, 6) is 1.66. The van der Waals surface area contributed by atoms with Crippen LogP contribution in [-0.4, -0.2) is 41.1 Å². The van der Waals surface area contributed by atoms with Crippen LogP contribution in [0.2, 0.25) is 0 Å². The minimum Gasteiger partial charge on any atom is -0.480 e. The number of rotatable bonds is 3. The average molecular weight is 285 g/mol. The number of halogens is 3. The highest BCUT2D eigenvalue weighted by atomic mass is 19.4. The zero-order valence-corrected chi connectivity index (χ0v) is 10.1. The molecule has 1 aromatic carbocycles. The highest BCUT2D eigenvalue weighted by molar-refractivity contribution is 5.95. The normalized spacial score (nSPS) is 10.3. The van der Waals surface area contributed by atoms with Gasteiger partial charge in [-0.2, -0.15) is 13.2 Å². The quantitative estimate of drug-likeness (QED) is 0.856. The van der Waals surface area contributed by atoms with E-state index in [0.717, 1.165) is 0 Å². The van der Waals surface area contributed by atoms with Gasteiger partial charge in [-0.15, -0.1) is 0 Å². The number of hydrogen-bond donors (Lipinski definition) is 1. The second-order valence-electron chi connectivity index (χ2n) is 3.79. The van der Waals surface area contributed by atoms with Gasteiger partial charge in [0.25, 0.3) is 5.91 Å². The molecule has 20 heavy (non-hydrogen) atoms. The first-order chi connectivity index (χ1) is 9.28. The molecule has 0 aliphatic heterocycles. The van der Waals surface area contributed by atoms with Crippen molar-refractivity contribution in [3.05, 3.63) is 35.9 Å². The molecule has 0 radical (unpaired) electrons. The first kappa shape index (κ1) is 15.6. The van der Waals surface area contributed by atoms with Gasteiger partial charge in [0, 0.05) is 11.5 Å². The number of nitrogens with zero attached hydrogens (tertiary/aromatic N) is 1. The molecule has 106 valence electrons. The smallest absolute Gasteiger partial charge is 0.406 e. The summed E-state index contributed by atoms with van der Waals surface area (Å²) in [7, 11) is 0.